The van der Waals surface area contributed by atoms with Gasteiger partial charge in [0.25, 0.3) is 5.91 Å². The fraction of sp³-hybridized carbons (Fsp3) is 0.0833. The first kappa shape index (κ1) is 21.9. The summed E-state index contributed by atoms with van der Waals surface area (Å²) in [4.78, 5) is 30.3. The molecule has 0 aliphatic carbocycles. The molecule has 0 radical (unpaired) electrons. The molecule has 170 valence electrons. The van der Waals surface area contributed by atoms with Gasteiger partial charge < -0.3 is 4.74 Å². The highest BCUT2D eigenvalue weighted by molar-refractivity contribution is 7.20. The number of fused-ring (bicyclic) bond motifs is 1. The fourth-order valence-electron chi connectivity index (χ4n) is 3.34. The maximum atomic E-state index is 13.3. The first-order valence-corrected chi connectivity index (χ1v) is 11.9. The Hall–Kier alpha value is -3.89. The average molecular weight is 493 g/mol. The van der Waals surface area contributed by atoms with E-state index in [1.165, 1.54) is 34.8 Å². The first-order valence-electron chi connectivity index (χ1n) is 10.2. The SMILES string of the molecule is Cc1nn(-c2ccc(F)cc2)c2sc(C(=O)OCC(=O)Nc3nc(-c4ccccc4)cs3)cc12. The van der Waals surface area contributed by atoms with Gasteiger partial charge in [-0.3, -0.25) is 10.1 Å². The van der Waals surface area contributed by atoms with Crippen LogP contribution in [0.25, 0.3) is 27.2 Å². The third kappa shape index (κ3) is 4.45. The van der Waals surface area contributed by atoms with Crippen LogP contribution in [0.5, 0.6) is 0 Å². The summed E-state index contributed by atoms with van der Waals surface area (Å²) >= 11 is 2.49. The number of aromatic nitrogens is 3. The van der Waals surface area contributed by atoms with Crippen molar-refractivity contribution in [1.82, 2.24) is 14.8 Å². The molecule has 10 heteroatoms. The molecule has 0 unspecified atom stereocenters. The number of carbonyl (C=O) groups is 2. The average Bonchev–Trinajstić information content (AvgIpc) is 3.56. The van der Waals surface area contributed by atoms with Gasteiger partial charge in [-0.1, -0.05) is 30.3 Å². The summed E-state index contributed by atoms with van der Waals surface area (Å²) in [7, 11) is 0. The quantitative estimate of drug-likeness (QED) is 0.319. The number of carbonyl (C=O) groups excluding carboxylic acids is 2. The minimum Gasteiger partial charge on any atom is -0.451 e. The molecule has 3 aromatic heterocycles. The third-order valence-corrected chi connectivity index (χ3v) is 6.82. The number of benzene rings is 2. The van der Waals surface area contributed by atoms with E-state index in [-0.39, 0.29) is 5.82 Å². The topological polar surface area (TPSA) is 86.1 Å². The van der Waals surface area contributed by atoms with E-state index in [1.807, 2.05) is 42.6 Å². The Labute approximate surface area is 201 Å². The van der Waals surface area contributed by atoms with Crippen LogP contribution < -0.4 is 5.32 Å². The van der Waals surface area contributed by atoms with Gasteiger partial charge in [0, 0.05) is 16.3 Å². The lowest BCUT2D eigenvalue weighted by Gasteiger charge is -2.04. The number of hydrogen-bond donors (Lipinski definition) is 1. The number of amides is 1. The van der Waals surface area contributed by atoms with E-state index < -0.39 is 18.5 Å². The second kappa shape index (κ2) is 9.16. The Balaban J connectivity index is 1.24. The monoisotopic (exact) mass is 492 g/mol. The molecule has 1 amide bonds. The van der Waals surface area contributed by atoms with Crippen molar-refractivity contribution in [3.8, 4) is 16.9 Å². The van der Waals surface area contributed by atoms with Crippen molar-refractivity contribution in [3.63, 3.8) is 0 Å². The molecule has 0 saturated carbocycles. The van der Waals surface area contributed by atoms with Crippen molar-refractivity contribution in [3.05, 3.63) is 82.4 Å². The fourth-order valence-corrected chi connectivity index (χ4v) is 5.15. The van der Waals surface area contributed by atoms with Gasteiger partial charge in [-0.15, -0.1) is 22.7 Å². The summed E-state index contributed by atoms with van der Waals surface area (Å²) in [6, 6.07) is 17.2. The van der Waals surface area contributed by atoms with Crippen LogP contribution in [-0.2, 0) is 9.53 Å². The van der Waals surface area contributed by atoms with Crippen LogP contribution in [0.2, 0.25) is 0 Å². The maximum absolute atomic E-state index is 13.3. The van der Waals surface area contributed by atoms with Crippen LogP contribution in [0.1, 0.15) is 15.4 Å². The van der Waals surface area contributed by atoms with Crippen LogP contribution in [0.15, 0.2) is 66.0 Å². The van der Waals surface area contributed by atoms with Gasteiger partial charge in [0.1, 0.15) is 15.5 Å². The molecule has 5 rings (SSSR count). The van der Waals surface area contributed by atoms with E-state index in [2.05, 4.69) is 15.4 Å². The number of nitrogens with zero attached hydrogens (tertiary/aromatic N) is 3. The number of anilines is 1. The van der Waals surface area contributed by atoms with E-state index in [0.717, 1.165) is 27.2 Å². The van der Waals surface area contributed by atoms with Crippen molar-refractivity contribution < 1.29 is 18.7 Å². The van der Waals surface area contributed by atoms with Crippen LogP contribution in [-0.4, -0.2) is 33.2 Å². The third-order valence-electron chi connectivity index (χ3n) is 4.97. The molecular formula is C24H17FN4O3S2. The van der Waals surface area contributed by atoms with Gasteiger partial charge in [-0.25, -0.2) is 18.9 Å². The van der Waals surface area contributed by atoms with Crippen molar-refractivity contribution in [2.45, 2.75) is 6.92 Å². The minimum atomic E-state index is -0.606. The van der Waals surface area contributed by atoms with Gasteiger partial charge in [0.2, 0.25) is 0 Å². The number of esters is 1. The number of aryl methyl sites for hydroxylation is 1. The molecule has 0 saturated heterocycles. The molecule has 5 aromatic rings. The van der Waals surface area contributed by atoms with Gasteiger partial charge >= 0.3 is 5.97 Å². The van der Waals surface area contributed by atoms with E-state index >= 15 is 0 Å². The maximum Gasteiger partial charge on any atom is 0.348 e. The number of nitrogens with one attached hydrogen (secondary N) is 1. The number of hydrogen-bond acceptors (Lipinski definition) is 7. The minimum absolute atomic E-state index is 0.341. The number of ether oxygens (including phenoxy) is 1. The number of thiazole rings is 1. The van der Waals surface area contributed by atoms with Crippen molar-refractivity contribution in [2.24, 2.45) is 0 Å². The lowest BCUT2D eigenvalue weighted by Crippen LogP contribution is -2.20. The van der Waals surface area contributed by atoms with Crippen molar-refractivity contribution >= 4 is 49.9 Å². The highest BCUT2D eigenvalue weighted by Gasteiger charge is 2.19. The van der Waals surface area contributed by atoms with Gasteiger partial charge in [0.05, 0.1) is 17.1 Å². The van der Waals surface area contributed by atoms with E-state index in [9.17, 15) is 14.0 Å². The first-order chi connectivity index (χ1) is 16.5. The Bertz CT molecular complexity index is 1490. The standard InChI is InChI=1S/C24H17FN4O3S2/c1-14-18-11-20(34-22(18)29(28-14)17-9-7-16(25)8-10-17)23(31)32-12-21(30)27-24-26-19(13-33-24)15-5-3-2-4-6-15/h2-11,13H,12H2,1H3,(H,26,27,30). The zero-order valence-electron chi connectivity index (χ0n) is 17.8. The second-order valence-electron chi connectivity index (χ2n) is 7.33. The Kier molecular flexibility index (Phi) is 5.91. The van der Waals surface area contributed by atoms with Gasteiger partial charge in [0.15, 0.2) is 11.7 Å². The normalized spacial score (nSPS) is 11.0. The largest absolute Gasteiger partial charge is 0.451 e. The van der Waals surface area contributed by atoms with E-state index in [0.29, 0.717) is 15.7 Å². The van der Waals surface area contributed by atoms with Gasteiger partial charge in [-0.05, 0) is 37.3 Å². The molecule has 0 fully saturated rings. The molecule has 2 aromatic carbocycles. The van der Waals surface area contributed by atoms with Crippen LogP contribution >= 0.6 is 22.7 Å². The lowest BCUT2D eigenvalue weighted by molar-refractivity contribution is -0.119. The zero-order chi connectivity index (χ0) is 23.7. The zero-order valence-corrected chi connectivity index (χ0v) is 19.5. The summed E-state index contributed by atoms with van der Waals surface area (Å²) in [5.41, 5.74) is 3.11. The summed E-state index contributed by atoms with van der Waals surface area (Å²) in [5.74, 6) is -1.42. The van der Waals surface area contributed by atoms with Crippen LogP contribution in [0, 0.1) is 12.7 Å². The number of rotatable bonds is 6. The predicted molar refractivity (Wildman–Crippen MR) is 130 cm³/mol. The molecular weight excluding hydrogens is 475 g/mol. The highest BCUT2D eigenvalue weighted by atomic mass is 32.1. The van der Waals surface area contributed by atoms with Crippen LogP contribution in [0.4, 0.5) is 9.52 Å². The Morgan fingerprint density at radius 3 is 2.65 bits per heavy atom. The van der Waals surface area contributed by atoms with Crippen molar-refractivity contribution in [2.75, 3.05) is 11.9 Å². The highest BCUT2D eigenvalue weighted by Crippen LogP contribution is 2.31. The van der Waals surface area contributed by atoms with Crippen LogP contribution in [0.3, 0.4) is 0 Å². The number of thiophene rings is 1. The van der Waals surface area contributed by atoms with E-state index in [4.69, 9.17) is 4.74 Å². The molecule has 1 N–H and O–H groups in total. The lowest BCUT2D eigenvalue weighted by atomic mass is 10.2. The summed E-state index contributed by atoms with van der Waals surface area (Å²) in [6.07, 6.45) is 0. The molecule has 0 aliphatic rings. The summed E-state index contributed by atoms with van der Waals surface area (Å²) < 4.78 is 20.1. The van der Waals surface area contributed by atoms with E-state index in [1.54, 1.807) is 22.9 Å². The summed E-state index contributed by atoms with van der Waals surface area (Å²) in [5, 5.41) is 10.2. The predicted octanol–water partition coefficient (Wildman–Crippen LogP) is 5.45. The molecule has 34 heavy (non-hydrogen) atoms. The molecule has 0 aliphatic heterocycles. The molecule has 3 heterocycles. The second-order valence-corrected chi connectivity index (χ2v) is 9.22. The number of halogens is 1. The Morgan fingerprint density at radius 2 is 1.88 bits per heavy atom. The van der Waals surface area contributed by atoms with Gasteiger partial charge in [-0.2, -0.15) is 5.10 Å². The smallest absolute Gasteiger partial charge is 0.348 e. The summed E-state index contributed by atoms with van der Waals surface area (Å²) in [6.45, 7) is 1.39. The van der Waals surface area contributed by atoms with Crippen molar-refractivity contribution in [1.29, 1.82) is 0 Å². The molecule has 0 atom stereocenters. The Morgan fingerprint density at radius 1 is 1.12 bits per heavy atom. The molecule has 0 bridgehead atoms. The molecule has 0 spiro atoms. The molecule has 7 nitrogen and oxygen atoms in total.